The Labute approximate surface area is 198 Å². The van der Waals surface area contributed by atoms with Gasteiger partial charge in [0.2, 0.25) is 17.8 Å². The van der Waals surface area contributed by atoms with Crippen molar-refractivity contribution in [3.63, 3.8) is 0 Å². The number of nitrogens with one attached hydrogen (secondary N) is 1. The molecule has 2 saturated heterocycles. The quantitative estimate of drug-likeness (QED) is 0.397. The van der Waals surface area contributed by atoms with Crippen LogP contribution < -0.4 is 20.0 Å². The van der Waals surface area contributed by atoms with Gasteiger partial charge in [-0.25, -0.2) is 9.82 Å². The number of ether oxygens (including phenoxy) is 1. The molecule has 1 aromatic heterocycles. The van der Waals surface area contributed by atoms with Crippen LogP contribution in [0.15, 0.2) is 53.6 Å². The number of hydrogen-bond acceptors (Lipinski definition) is 8. The summed E-state index contributed by atoms with van der Waals surface area (Å²) in [6, 6.07) is 13.9. The van der Waals surface area contributed by atoms with E-state index < -0.39 is 0 Å². The lowest BCUT2D eigenvalue weighted by Crippen LogP contribution is -2.25. The summed E-state index contributed by atoms with van der Waals surface area (Å²) < 4.78 is 19.1. The lowest BCUT2D eigenvalue weighted by atomic mass is 10.2. The van der Waals surface area contributed by atoms with E-state index in [9.17, 15) is 4.39 Å². The molecular formula is C25H28FN7O. The van der Waals surface area contributed by atoms with Crippen molar-refractivity contribution in [2.24, 2.45) is 5.10 Å². The van der Waals surface area contributed by atoms with Crippen molar-refractivity contribution in [2.75, 3.05) is 41.4 Å². The van der Waals surface area contributed by atoms with Gasteiger partial charge in [-0.05, 0) is 55.5 Å². The minimum atomic E-state index is -0.263. The largest absolute Gasteiger partial charge is 0.488 e. The van der Waals surface area contributed by atoms with Gasteiger partial charge in [0, 0.05) is 31.7 Å². The van der Waals surface area contributed by atoms with Gasteiger partial charge in [-0.2, -0.15) is 20.1 Å². The van der Waals surface area contributed by atoms with Crippen molar-refractivity contribution in [3.8, 4) is 5.75 Å². The van der Waals surface area contributed by atoms with Crippen molar-refractivity contribution in [2.45, 2.75) is 32.3 Å². The van der Waals surface area contributed by atoms with Crippen molar-refractivity contribution >= 4 is 24.1 Å². The van der Waals surface area contributed by atoms with E-state index in [1.165, 1.54) is 12.1 Å². The van der Waals surface area contributed by atoms with Crippen molar-refractivity contribution < 1.29 is 9.13 Å². The maximum Gasteiger partial charge on any atom is 0.250 e. The molecule has 2 aliphatic rings. The molecule has 0 atom stereocenters. The molecule has 2 aliphatic heterocycles. The minimum absolute atomic E-state index is 0.263. The molecule has 0 saturated carbocycles. The number of halogens is 1. The number of benzene rings is 2. The van der Waals surface area contributed by atoms with Crippen molar-refractivity contribution in [1.82, 2.24) is 15.0 Å². The molecule has 2 fully saturated rings. The van der Waals surface area contributed by atoms with Crippen LogP contribution >= 0.6 is 0 Å². The number of nitrogens with zero attached hydrogens (tertiary/aromatic N) is 6. The lowest BCUT2D eigenvalue weighted by molar-refractivity contribution is 0.305. The number of hydrogen-bond donors (Lipinski definition) is 1. The summed E-state index contributed by atoms with van der Waals surface area (Å²) in [5.41, 5.74) is 4.68. The van der Waals surface area contributed by atoms with E-state index in [0.717, 1.165) is 63.0 Å². The van der Waals surface area contributed by atoms with Crippen LogP contribution in [0.4, 0.5) is 22.2 Å². The lowest BCUT2D eigenvalue weighted by Gasteiger charge is -2.20. The van der Waals surface area contributed by atoms with E-state index in [2.05, 4.69) is 30.3 Å². The Balaban J connectivity index is 1.30. The number of anilines is 3. The molecule has 34 heavy (non-hydrogen) atoms. The summed E-state index contributed by atoms with van der Waals surface area (Å²) in [7, 11) is 0. The van der Waals surface area contributed by atoms with Crippen LogP contribution in [-0.2, 0) is 6.61 Å². The SMILES string of the molecule is Fc1ccc(COc2ccccc2/C=N/Nc2nc(N3CCCC3)nc(N3CCCC3)n2)cc1. The van der Waals surface area contributed by atoms with E-state index >= 15 is 0 Å². The molecule has 0 radical (unpaired) electrons. The zero-order valence-corrected chi connectivity index (χ0v) is 19.0. The van der Waals surface area contributed by atoms with Gasteiger partial charge in [-0.3, -0.25) is 0 Å². The highest BCUT2D eigenvalue weighted by atomic mass is 19.1. The van der Waals surface area contributed by atoms with Gasteiger partial charge in [0.15, 0.2) is 0 Å². The molecule has 2 aromatic carbocycles. The molecule has 3 heterocycles. The third-order valence-electron chi connectivity index (χ3n) is 5.98. The molecule has 3 aromatic rings. The Morgan fingerprint density at radius 1 is 0.853 bits per heavy atom. The van der Waals surface area contributed by atoms with E-state index in [0.29, 0.717) is 30.2 Å². The van der Waals surface area contributed by atoms with Gasteiger partial charge >= 0.3 is 0 Å². The van der Waals surface area contributed by atoms with Gasteiger partial charge in [-0.15, -0.1) is 0 Å². The Morgan fingerprint density at radius 2 is 1.47 bits per heavy atom. The highest BCUT2D eigenvalue weighted by molar-refractivity contribution is 5.83. The smallest absolute Gasteiger partial charge is 0.250 e. The first-order chi connectivity index (χ1) is 16.7. The summed E-state index contributed by atoms with van der Waals surface area (Å²) in [5.74, 6) is 2.26. The van der Waals surface area contributed by atoms with Gasteiger partial charge in [0.05, 0.1) is 6.21 Å². The maximum atomic E-state index is 13.1. The number of hydrazone groups is 1. The first-order valence-corrected chi connectivity index (χ1v) is 11.8. The number of aromatic nitrogens is 3. The fourth-order valence-corrected chi connectivity index (χ4v) is 4.14. The van der Waals surface area contributed by atoms with Crippen LogP contribution in [0.3, 0.4) is 0 Å². The molecule has 1 N–H and O–H groups in total. The van der Waals surface area contributed by atoms with E-state index in [1.807, 2.05) is 24.3 Å². The average Bonchev–Trinajstić information content (AvgIpc) is 3.59. The summed E-state index contributed by atoms with van der Waals surface area (Å²) in [5, 5.41) is 4.38. The second kappa shape index (κ2) is 10.5. The van der Waals surface area contributed by atoms with Crippen molar-refractivity contribution in [1.29, 1.82) is 0 Å². The first kappa shape index (κ1) is 22.1. The van der Waals surface area contributed by atoms with Crippen LogP contribution in [-0.4, -0.2) is 47.3 Å². The topological polar surface area (TPSA) is 78.8 Å². The van der Waals surface area contributed by atoms with Crippen LogP contribution in [0.1, 0.15) is 36.8 Å². The third-order valence-corrected chi connectivity index (χ3v) is 5.98. The van der Waals surface area contributed by atoms with Crippen LogP contribution in [0.25, 0.3) is 0 Å². The highest BCUT2D eigenvalue weighted by Crippen LogP contribution is 2.23. The molecule has 5 rings (SSSR count). The Bertz CT molecular complexity index is 1090. The summed E-state index contributed by atoms with van der Waals surface area (Å²) in [4.78, 5) is 18.4. The average molecular weight is 462 g/mol. The predicted molar refractivity (Wildman–Crippen MR) is 131 cm³/mol. The molecule has 0 bridgehead atoms. The Kier molecular flexibility index (Phi) is 6.78. The summed E-state index contributed by atoms with van der Waals surface area (Å²) in [6.07, 6.45) is 6.30. The van der Waals surface area contributed by atoms with Gasteiger partial charge in [0.25, 0.3) is 0 Å². The van der Waals surface area contributed by atoms with Gasteiger partial charge in [0.1, 0.15) is 18.2 Å². The standard InChI is InChI=1S/C25H28FN7O/c26-21-11-9-19(10-12-21)18-34-22-8-2-1-7-20(22)17-27-31-23-28-24(32-13-3-4-14-32)30-25(29-23)33-15-5-6-16-33/h1-2,7-12,17H,3-6,13-16,18H2,(H,28,29,30,31)/b27-17+. The second-order valence-corrected chi connectivity index (χ2v) is 8.47. The third kappa shape index (κ3) is 5.41. The molecule has 8 nitrogen and oxygen atoms in total. The predicted octanol–water partition coefficient (Wildman–Crippen LogP) is 4.24. The first-order valence-electron chi connectivity index (χ1n) is 11.8. The fourth-order valence-electron chi connectivity index (χ4n) is 4.14. The van der Waals surface area contributed by atoms with Gasteiger partial charge in [-0.1, -0.05) is 24.3 Å². The molecule has 9 heteroatoms. The zero-order chi connectivity index (χ0) is 23.2. The molecule has 0 aliphatic carbocycles. The van der Waals surface area contributed by atoms with E-state index in [-0.39, 0.29) is 5.82 Å². The normalized spacial score (nSPS) is 15.9. The minimum Gasteiger partial charge on any atom is -0.488 e. The van der Waals surface area contributed by atoms with Crippen LogP contribution in [0, 0.1) is 5.82 Å². The molecule has 0 spiro atoms. The number of para-hydroxylation sites is 1. The Hall–Kier alpha value is -3.75. The molecule has 176 valence electrons. The number of rotatable bonds is 8. The van der Waals surface area contributed by atoms with Gasteiger partial charge < -0.3 is 14.5 Å². The molecular weight excluding hydrogens is 433 g/mol. The van der Waals surface area contributed by atoms with E-state index in [4.69, 9.17) is 9.72 Å². The Morgan fingerprint density at radius 3 is 2.12 bits per heavy atom. The maximum absolute atomic E-state index is 13.1. The van der Waals surface area contributed by atoms with Crippen LogP contribution in [0.2, 0.25) is 0 Å². The molecule has 0 amide bonds. The monoisotopic (exact) mass is 461 g/mol. The highest BCUT2D eigenvalue weighted by Gasteiger charge is 2.21. The van der Waals surface area contributed by atoms with Crippen molar-refractivity contribution in [3.05, 3.63) is 65.5 Å². The van der Waals surface area contributed by atoms with Crippen LogP contribution in [0.5, 0.6) is 5.75 Å². The fraction of sp³-hybridized carbons (Fsp3) is 0.360. The summed E-state index contributed by atoms with van der Waals surface area (Å²) >= 11 is 0. The zero-order valence-electron chi connectivity index (χ0n) is 19.0. The molecule has 0 unspecified atom stereocenters. The van der Waals surface area contributed by atoms with E-state index in [1.54, 1.807) is 18.3 Å². The summed E-state index contributed by atoms with van der Waals surface area (Å²) in [6.45, 7) is 4.19. The second-order valence-electron chi connectivity index (χ2n) is 8.47.